The average molecular weight is 395 g/mol. The smallest absolute Gasteiger partial charge is 0.260 e. The van der Waals surface area contributed by atoms with Gasteiger partial charge in [0.15, 0.2) is 6.61 Å². The van der Waals surface area contributed by atoms with Crippen LogP contribution in [-0.4, -0.2) is 54.4 Å². The summed E-state index contributed by atoms with van der Waals surface area (Å²) in [5.41, 5.74) is 3.51. The van der Waals surface area contributed by atoms with Crippen molar-refractivity contribution in [1.29, 1.82) is 0 Å². The van der Waals surface area contributed by atoms with Gasteiger partial charge in [-0.2, -0.15) is 0 Å². The fraction of sp³-hybridized carbons (Fsp3) is 0.417. The quantitative estimate of drug-likeness (QED) is 0.724. The minimum absolute atomic E-state index is 0.0253. The van der Waals surface area contributed by atoms with Crippen molar-refractivity contribution in [2.75, 3.05) is 32.8 Å². The van der Waals surface area contributed by atoms with Crippen LogP contribution in [0.3, 0.4) is 0 Å². The van der Waals surface area contributed by atoms with E-state index in [4.69, 9.17) is 4.74 Å². The molecule has 1 fully saturated rings. The Hall–Kier alpha value is -2.82. The third kappa shape index (κ3) is 5.83. The molecule has 3 rings (SSSR count). The molecule has 0 radical (unpaired) electrons. The molecule has 0 aliphatic carbocycles. The van der Waals surface area contributed by atoms with Crippen LogP contribution in [-0.2, 0) is 22.4 Å². The lowest BCUT2D eigenvalue weighted by atomic mass is 10.1. The summed E-state index contributed by atoms with van der Waals surface area (Å²) in [7, 11) is 0. The lowest BCUT2D eigenvalue weighted by Crippen LogP contribution is -2.51. The van der Waals surface area contributed by atoms with E-state index in [-0.39, 0.29) is 18.4 Å². The molecule has 29 heavy (non-hydrogen) atoms. The molecule has 1 heterocycles. The molecule has 154 valence electrons. The molecule has 2 aromatic carbocycles. The second-order valence-corrected chi connectivity index (χ2v) is 7.50. The number of aryl methyl sites for hydroxylation is 3. The standard InChI is InChI=1S/C24H30N2O3/c1-3-21-6-4-5-7-22(21)29-18-24(28)26-16-14-25(15-17-26)23(27)13-12-20-10-8-19(2)9-11-20/h4-11H,3,12-18H2,1-2H3. The van der Waals surface area contributed by atoms with E-state index < -0.39 is 0 Å². The summed E-state index contributed by atoms with van der Waals surface area (Å²) < 4.78 is 5.74. The number of nitrogens with zero attached hydrogens (tertiary/aromatic N) is 2. The minimum Gasteiger partial charge on any atom is -0.483 e. The van der Waals surface area contributed by atoms with Crippen LogP contribution >= 0.6 is 0 Å². The molecule has 0 aromatic heterocycles. The van der Waals surface area contributed by atoms with Gasteiger partial charge in [-0.25, -0.2) is 0 Å². The number of carbonyl (C=O) groups excluding carboxylic acids is 2. The normalized spacial score (nSPS) is 14.0. The number of ether oxygens (including phenoxy) is 1. The first-order valence-corrected chi connectivity index (χ1v) is 10.4. The highest BCUT2D eigenvalue weighted by Crippen LogP contribution is 2.18. The van der Waals surface area contributed by atoms with E-state index in [0.717, 1.165) is 24.2 Å². The van der Waals surface area contributed by atoms with E-state index in [9.17, 15) is 9.59 Å². The van der Waals surface area contributed by atoms with Gasteiger partial charge in [0.2, 0.25) is 5.91 Å². The Labute approximate surface area is 173 Å². The number of benzene rings is 2. The van der Waals surface area contributed by atoms with Crippen molar-refractivity contribution in [1.82, 2.24) is 9.80 Å². The number of amides is 2. The van der Waals surface area contributed by atoms with Crippen LogP contribution in [0.25, 0.3) is 0 Å². The van der Waals surface area contributed by atoms with Gasteiger partial charge in [0.25, 0.3) is 5.91 Å². The predicted octanol–water partition coefficient (Wildman–Crippen LogP) is 3.24. The molecule has 2 aromatic rings. The molecule has 1 saturated heterocycles. The van der Waals surface area contributed by atoms with Gasteiger partial charge >= 0.3 is 0 Å². The van der Waals surface area contributed by atoms with Gasteiger partial charge in [-0.1, -0.05) is 55.0 Å². The Morgan fingerprint density at radius 3 is 2.17 bits per heavy atom. The fourth-order valence-corrected chi connectivity index (χ4v) is 3.54. The molecule has 2 amide bonds. The molecule has 0 spiro atoms. The van der Waals surface area contributed by atoms with Crippen molar-refractivity contribution in [3.8, 4) is 5.75 Å². The Morgan fingerprint density at radius 1 is 0.897 bits per heavy atom. The first-order chi connectivity index (χ1) is 14.1. The van der Waals surface area contributed by atoms with E-state index in [1.54, 1.807) is 4.90 Å². The van der Waals surface area contributed by atoms with Crippen molar-refractivity contribution >= 4 is 11.8 Å². The lowest BCUT2D eigenvalue weighted by molar-refractivity contribution is -0.140. The summed E-state index contributed by atoms with van der Waals surface area (Å²) in [6, 6.07) is 16.1. The van der Waals surface area contributed by atoms with Crippen LogP contribution in [0.1, 0.15) is 30.0 Å². The Kier molecular flexibility index (Phi) is 7.28. The van der Waals surface area contributed by atoms with Gasteiger partial charge in [-0.15, -0.1) is 0 Å². The highest BCUT2D eigenvalue weighted by atomic mass is 16.5. The number of hydrogen-bond donors (Lipinski definition) is 0. The van der Waals surface area contributed by atoms with Crippen molar-refractivity contribution < 1.29 is 14.3 Å². The van der Waals surface area contributed by atoms with E-state index in [0.29, 0.717) is 32.6 Å². The first kappa shape index (κ1) is 20.9. The second-order valence-electron chi connectivity index (χ2n) is 7.50. The van der Waals surface area contributed by atoms with Crippen molar-refractivity contribution in [2.45, 2.75) is 33.1 Å². The van der Waals surface area contributed by atoms with E-state index in [2.05, 4.69) is 38.1 Å². The van der Waals surface area contributed by atoms with Gasteiger partial charge in [-0.3, -0.25) is 9.59 Å². The zero-order chi connectivity index (χ0) is 20.6. The molecular weight excluding hydrogens is 364 g/mol. The number of carbonyl (C=O) groups is 2. The van der Waals surface area contributed by atoms with Crippen LogP contribution in [0, 0.1) is 6.92 Å². The summed E-state index contributed by atoms with van der Waals surface area (Å²) >= 11 is 0. The maximum atomic E-state index is 12.5. The lowest BCUT2D eigenvalue weighted by Gasteiger charge is -2.34. The van der Waals surface area contributed by atoms with Crippen LogP contribution in [0.4, 0.5) is 0 Å². The van der Waals surface area contributed by atoms with Crippen LogP contribution < -0.4 is 4.74 Å². The summed E-state index contributed by atoms with van der Waals surface area (Å²) in [4.78, 5) is 28.6. The highest BCUT2D eigenvalue weighted by Gasteiger charge is 2.24. The fourth-order valence-electron chi connectivity index (χ4n) is 3.54. The number of hydrogen-bond acceptors (Lipinski definition) is 3. The van der Waals surface area contributed by atoms with Gasteiger partial charge in [-0.05, 0) is 37.0 Å². The molecule has 0 bridgehead atoms. The van der Waals surface area contributed by atoms with E-state index in [1.165, 1.54) is 11.1 Å². The molecule has 5 nitrogen and oxygen atoms in total. The largest absolute Gasteiger partial charge is 0.483 e. The van der Waals surface area contributed by atoms with Crippen molar-refractivity contribution in [2.24, 2.45) is 0 Å². The van der Waals surface area contributed by atoms with Gasteiger partial charge < -0.3 is 14.5 Å². The van der Waals surface area contributed by atoms with Crippen molar-refractivity contribution in [3.05, 3.63) is 65.2 Å². The number of para-hydroxylation sites is 1. The summed E-state index contributed by atoms with van der Waals surface area (Å²) in [6.07, 6.45) is 2.13. The molecule has 0 N–H and O–H groups in total. The minimum atomic E-state index is -0.0253. The number of rotatable bonds is 7. The van der Waals surface area contributed by atoms with Gasteiger partial charge in [0.05, 0.1) is 0 Å². The third-order valence-electron chi connectivity index (χ3n) is 5.44. The molecule has 0 saturated carbocycles. The zero-order valence-corrected chi connectivity index (χ0v) is 17.4. The predicted molar refractivity (Wildman–Crippen MR) is 114 cm³/mol. The topological polar surface area (TPSA) is 49.9 Å². The maximum Gasteiger partial charge on any atom is 0.260 e. The summed E-state index contributed by atoms with van der Waals surface area (Å²) in [5.74, 6) is 0.904. The SMILES string of the molecule is CCc1ccccc1OCC(=O)N1CCN(C(=O)CCc2ccc(C)cc2)CC1. The first-order valence-electron chi connectivity index (χ1n) is 10.4. The molecule has 5 heteroatoms. The van der Waals surface area contributed by atoms with E-state index >= 15 is 0 Å². The second kappa shape index (κ2) is 10.1. The Balaban J connectivity index is 1.41. The van der Waals surface area contributed by atoms with Crippen LogP contribution in [0.5, 0.6) is 5.75 Å². The molecule has 1 aliphatic heterocycles. The molecular formula is C24H30N2O3. The zero-order valence-electron chi connectivity index (χ0n) is 17.4. The molecule has 1 aliphatic rings. The Morgan fingerprint density at radius 2 is 1.52 bits per heavy atom. The Bertz CT molecular complexity index is 824. The van der Waals surface area contributed by atoms with Crippen molar-refractivity contribution in [3.63, 3.8) is 0 Å². The number of piperazine rings is 1. The maximum absolute atomic E-state index is 12.5. The van der Waals surface area contributed by atoms with Crippen LogP contribution in [0.15, 0.2) is 48.5 Å². The summed E-state index contributed by atoms with van der Waals surface area (Å²) in [6.45, 7) is 6.47. The monoisotopic (exact) mass is 394 g/mol. The third-order valence-corrected chi connectivity index (χ3v) is 5.44. The van der Waals surface area contributed by atoms with E-state index in [1.807, 2.05) is 29.2 Å². The molecule has 0 unspecified atom stereocenters. The van der Waals surface area contributed by atoms with Gasteiger partial charge in [0.1, 0.15) is 5.75 Å². The van der Waals surface area contributed by atoms with Gasteiger partial charge in [0, 0.05) is 32.6 Å². The average Bonchev–Trinajstić information content (AvgIpc) is 2.77. The molecule has 0 atom stereocenters. The highest BCUT2D eigenvalue weighted by molar-refractivity contribution is 5.79. The van der Waals surface area contributed by atoms with Crippen LogP contribution in [0.2, 0.25) is 0 Å². The summed E-state index contributed by atoms with van der Waals surface area (Å²) in [5, 5.41) is 0.